The number of carbonyl (C=O) groups is 3. The fourth-order valence-corrected chi connectivity index (χ4v) is 3.76. The summed E-state index contributed by atoms with van der Waals surface area (Å²) in [5, 5.41) is 39.2. The van der Waals surface area contributed by atoms with Gasteiger partial charge < -0.3 is 36.6 Å². The molecule has 186 valence electrons. The number of nitrogens with zero attached hydrogens (tertiary/aromatic N) is 1. The first-order chi connectivity index (χ1) is 16.6. The summed E-state index contributed by atoms with van der Waals surface area (Å²) in [7, 11) is 0. The number of phenols is 1. The van der Waals surface area contributed by atoms with Crippen LogP contribution in [0.2, 0.25) is 0 Å². The van der Waals surface area contributed by atoms with Crippen LogP contribution in [-0.4, -0.2) is 64.8 Å². The van der Waals surface area contributed by atoms with E-state index in [9.17, 15) is 29.0 Å². The number of aliphatic hydroxyl groups is 1. The minimum Gasteiger partial charge on any atom is -0.508 e. The number of nitrogens with one attached hydrogen (secondary N) is 4. The predicted octanol–water partition coefficient (Wildman–Crippen LogP) is 1.09. The zero-order chi connectivity index (χ0) is 25.5. The van der Waals surface area contributed by atoms with Crippen molar-refractivity contribution in [3.05, 3.63) is 57.8 Å². The van der Waals surface area contributed by atoms with Crippen LogP contribution >= 0.6 is 15.9 Å². The number of carboxylic acids is 1. The topological polar surface area (TPSA) is 172 Å². The maximum Gasteiger partial charge on any atom is 0.305 e. The SMILES string of the molecule is O=C(O)CC(NC(=O)CNC(=O)c1cc(O)cc(NC2=NCC(O)CN2)c1)c1cc(F)cc(Br)c1. The number of aliphatic imine (C=N–C) groups is 1. The number of carbonyl (C=O) groups excluding carboxylic acids is 2. The molecule has 2 aromatic rings. The summed E-state index contributed by atoms with van der Waals surface area (Å²) >= 11 is 3.13. The van der Waals surface area contributed by atoms with E-state index in [-0.39, 0.29) is 23.4 Å². The molecule has 0 spiro atoms. The molecule has 1 heterocycles. The van der Waals surface area contributed by atoms with Gasteiger partial charge in [-0.1, -0.05) is 15.9 Å². The van der Waals surface area contributed by atoms with Gasteiger partial charge in [-0.05, 0) is 35.9 Å². The van der Waals surface area contributed by atoms with Gasteiger partial charge in [0.15, 0.2) is 5.96 Å². The summed E-state index contributed by atoms with van der Waals surface area (Å²) in [6.45, 7) is 0.00457. The van der Waals surface area contributed by atoms with Crippen molar-refractivity contribution in [2.45, 2.75) is 18.6 Å². The highest BCUT2D eigenvalue weighted by atomic mass is 79.9. The molecule has 0 fully saturated rings. The third-order valence-corrected chi connectivity index (χ3v) is 5.28. The average molecular weight is 552 g/mol. The van der Waals surface area contributed by atoms with Crippen molar-refractivity contribution in [3.8, 4) is 5.75 Å². The zero-order valence-electron chi connectivity index (χ0n) is 18.2. The zero-order valence-corrected chi connectivity index (χ0v) is 19.8. The van der Waals surface area contributed by atoms with Crippen LogP contribution in [0.25, 0.3) is 0 Å². The normalized spacial score (nSPS) is 15.9. The first-order valence-electron chi connectivity index (χ1n) is 10.4. The molecular formula is C22H23BrFN5O6. The van der Waals surface area contributed by atoms with Gasteiger partial charge >= 0.3 is 5.97 Å². The number of aromatic hydroxyl groups is 1. The van der Waals surface area contributed by atoms with Crippen molar-refractivity contribution in [2.24, 2.45) is 4.99 Å². The van der Waals surface area contributed by atoms with Crippen molar-refractivity contribution >= 4 is 45.4 Å². The summed E-state index contributed by atoms with van der Waals surface area (Å²) in [5.74, 6) is -3.02. The van der Waals surface area contributed by atoms with E-state index >= 15 is 0 Å². The van der Waals surface area contributed by atoms with Gasteiger partial charge in [0.25, 0.3) is 5.91 Å². The Labute approximate surface area is 207 Å². The number of carboxylic acid groups (broad SMARTS) is 1. The third kappa shape index (κ3) is 7.93. The highest BCUT2D eigenvalue weighted by Gasteiger charge is 2.20. The average Bonchev–Trinajstić information content (AvgIpc) is 2.77. The molecule has 0 aromatic heterocycles. The molecule has 0 bridgehead atoms. The standard InChI is InChI=1S/C22H23BrFN5O6/c23-13-1-11(2-14(24)5-13)18(7-20(33)34)29-19(32)10-25-21(35)12-3-15(6-16(30)4-12)28-22-26-8-17(31)9-27-22/h1-6,17-18,30-31H,7-10H2,(H,25,35)(H,29,32)(H,33,34)(H2,26,27,28). The number of halogens is 2. The van der Waals surface area contributed by atoms with Gasteiger partial charge in [0, 0.05) is 28.3 Å². The summed E-state index contributed by atoms with van der Waals surface area (Å²) < 4.78 is 14.1. The van der Waals surface area contributed by atoms with E-state index in [2.05, 4.69) is 42.2 Å². The van der Waals surface area contributed by atoms with Crippen LogP contribution in [0.1, 0.15) is 28.4 Å². The molecule has 2 aromatic carbocycles. The van der Waals surface area contributed by atoms with E-state index in [1.54, 1.807) is 0 Å². The van der Waals surface area contributed by atoms with Crippen LogP contribution in [0.4, 0.5) is 10.1 Å². The lowest BCUT2D eigenvalue weighted by atomic mass is 10.0. The maximum absolute atomic E-state index is 13.7. The number of hydrogen-bond acceptors (Lipinski definition) is 8. The van der Waals surface area contributed by atoms with Crippen molar-refractivity contribution in [1.29, 1.82) is 0 Å². The van der Waals surface area contributed by atoms with Crippen molar-refractivity contribution < 1.29 is 34.1 Å². The molecule has 0 saturated carbocycles. The van der Waals surface area contributed by atoms with E-state index in [4.69, 9.17) is 5.11 Å². The Kier molecular flexibility index (Phi) is 8.60. The van der Waals surface area contributed by atoms with Gasteiger partial charge in [0.1, 0.15) is 11.6 Å². The number of guanidine groups is 1. The van der Waals surface area contributed by atoms with E-state index in [0.717, 1.165) is 6.07 Å². The van der Waals surface area contributed by atoms with Crippen molar-refractivity contribution in [2.75, 3.05) is 25.0 Å². The Hall–Kier alpha value is -3.71. The number of benzene rings is 2. The molecule has 2 amide bonds. The van der Waals surface area contributed by atoms with Gasteiger partial charge in [-0.2, -0.15) is 0 Å². The van der Waals surface area contributed by atoms with Crippen LogP contribution in [0.15, 0.2) is 45.9 Å². The molecule has 0 aliphatic carbocycles. The van der Waals surface area contributed by atoms with Crippen LogP contribution in [-0.2, 0) is 9.59 Å². The van der Waals surface area contributed by atoms with Crippen LogP contribution in [0.5, 0.6) is 5.75 Å². The highest BCUT2D eigenvalue weighted by Crippen LogP contribution is 2.23. The van der Waals surface area contributed by atoms with Crippen LogP contribution in [0, 0.1) is 5.82 Å². The minimum atomic E-state index is -1.20. The van der Waals surface area contributed by atoms with Crippen LogP contribution < -0.4 is 21.3 Å². The largest absolute Gasteiger partial charge is 0.508 e. The number of β-amino-alcohol motifs (C(OH)–C–C–N with tert-alkyl or cyclic N) is 1. The predicted molar refractivity (Wildman–Crippen MR) is 128 cm³/mol. The fraction of sp³-hybridized carbons (Fsp3) is 0.273. The molecule has 2 atom stereocenters. The van der Waals surface area contributed by atoms with Crippen molar-refractivity contribution in [1.82, 2.24) is 16.0 Å². The quantitative estimate of drug-likeness (QED) is 0.255. The number of rotatable bonds is 8. The molecule has 0 radical (unpaired) electrons. The summed E-state index contributed by atoms with van der Waals surface area (Å²) in [6.07, 6.45) is -1.10. The van der Waals surface area contributed by atoms with E-state index in [0.29, 0.717) is 22.7 Å². The lowest BCUT2D eigenvalue weighted by molar-refractivity contribution is -0.137. The molecule has 35 heavy (non-hydrogen) atoms. The maximum atomic E-state index is 13.7. The second-order valence-corrected chi connectivity index (χ2v) is 8.64. The first kappa shape index (κ1) is 25.9. The summed E-state index contributed by atoms with van der Waals surface area (Å²) in [6, 6.07) is 6.78. The number of aliphatic hydroxyl groups excluding tert-OH is 1. The Balaban J connectivity index is 1.63. The molecule has 3 rings (SSSR count). The van der Waals surface area contributed by atoms with Gasteiger partial charge in [0.2, 0.25) is 5.91 Å². The van der Waals surface area contributed by atoms with Crippen molar-refractivity contribution in [3.63, 3.8) is 0 Å². The smallest absolute Gasteiger partial charge is 0.305 e. The highest BCUT2D eigenvalue weighted by molar-refractivity contribution is 9.10. The minimum absolute atomic E-state index is 0.0490. The summed E-state index contributed by atoms with van der Waals surface area (Å²) in [5.41, 5.74) is 0.641. The van der Waals surface area contributed by atoms with Gasteiger partial charge in [-0.3, -0.25) is 19.4 Å². The summed E-state index contributed by atoms with van der Waals surface area (Å²) in [4.78, 5) is 40.3. The Morgan fingerprint density at radius 3 is 2.63 bits per heavy atom. The molecule has 0 saturated heterocycles. The van der Waals surface area contributed by atoms with E-state index in [1.165, 1.54) is 30.3 Å². The molecular weight excluding hydrogens is 529 g/mol. The molecule has 13 heteroatoms. The second kappa shape index (κ2) is 11.6. The number of anilines is 1. The Morgan fingerprint density at radius 1 is 1.20 bits per heavy atom. The van der Waals surface area contributed by atoms with Gasteiger partial charge in [-0.15, -0.1) is 0 Å². The lowest BCUT2D eigenvalue weighted by Gasteiger charge is -2.20. The molecule has 1 aliphatic heterocycles. The number of phenolic OH excluding ortho intramolecular Hbond substituents is 1. The fourth-order valence-electron chi connectivity index (χ4n) is 3.28. The Morgan fingerprint density at radius 2 is 1.97 bits per heavy atom. The Bertz CT molecular complexity index is 1140. The molecule has 7 N–H and O–H groups in total. The number of aliphatic carboxylic acids is 1. The number of hydrogen-bond donors (Lipinski definition) is 7. The van der Waals surface area contributed by atoms with Gasteiger partial charge in [0.05, 0.1) is 31.7 Å². The van der Waals surface area contributed by atoms with E-state index in [1.807, 2.05) is 0 Å². The second-order valence-electron chi connectivity index (χ2n) is 7.72. The number of amides is 2. The first-order valence-corrected chi connectivity index (χ1v) is 11.2. The molecule has 1 aliphatic rings. The third-order valence-electron chi connectivity index (χ3n) is 4.82. The molecule has 2 unspecified atom stereocenters. The molecule has 11 nitrogen and oxygen atoms in total. The lowest BCUT2D eigenvalue weighted by Crippen LogP contribution is -2.42. The van der Waals surface area contributed by atoms with Gasteiger partial charge in [-0.25, -0.2) is 4.39 Å². The van der Waals surface area contributed by atoms with Crippen LogP contribution in [0.3, 0.4) is 0 Å². The monoisotopic (exact) mass is 551 g/mol. The van der Waals surface area contributed by atoms with E-state index < -0.39 is 48.7 Å².